The molecular formula is C24H20BrFN6O. The average molecular weight is 507 g/mol. The van der Waals surface area contributed by atoms with Crippen LogP contribution in [-0.2, 0) is 5.54 Å². The van der Waals surface area contributed by atoms with E-state index in [2.05, 4.69) is 41.5 Å². The Morgan fingerprint density at radius 1 is 1.18 bits per heavy atom. The molecule has 0 unspecified atom stereocenters. The van der Waals surface area contributed by atoms with E-state index >= 15 is 0 Å². The molecule has 1 fully saturated rings. The molecule has 2 heterocycles. The molecule has 4 N–H and O–H groups in total. The molecule has 1 amide bonds. The predicted molar refractivity (Wildman–Crippen MR) is 128 cm³/mol. The van der Waals surface area contributed by atoms with Gasteiger partial charge in [-0.05, 0) is 48.7 Å². The van der Waals surface area contributed by atoms with Gasteiger partial charge in [-0.25, -0.2) is 14.4 Å². The molecule has 1 aliphatic rings. The molecule has 7 nitrogen and oxygen atoms in total. The summed E-state index contributed by atoms with van der Waals surface area (Å²) in [6, 6.07) is 12.1. The van der Waals surface area contributed by atoms with Crippen molar-refractivity contribution in [1.29, 1.82) is 5.41 Å². The number of halogens is 2. The number of hydrogen-bond donors (Lipinski definition) is 4. The second-order valence-corrected chi connectivity index (χ2v) is 8.93. The highest BCUT2D eigenvalue weighted by Crippen LogP contribution is 2.46. The Balaban J connectivity index is 1.46. The monoisotopic (exact) mass is 506 g/mol. The largest absolute Gasteiger partial charge is 0.387 e. The summed E-state index contributed by atoms with van der Waals surface area (Å²) < 4.78 is 14.6. The second-order valence-electron chi connectivity index (χ2n) is 8.01. The molecule has 5 rings (SSSR count). The van der Waals surface area contributed by atoms with E-state index in [-0.39, 0.29) is 22.9 Å². The summed E-state index contributed by atoms with van der Waals surface area (Å²) in [5.74, 6) is -0.654. The Bertz CT molecular complexity index is 1390. The third kappa shape index (κ3) is 3.89. The zero-order valence-electron chi connectivity index (χ0n) is 17.7. The summed E-state index contributed by atoms with van der Waals surface area (Å²) >= 11 is 3.44. The zero-order chi connectivity index (χ0) is 23.2. The van der Waals surface area contributed by atoms with Crippen molar-refractivity contribution in [1.82, 2.24) is 20.3 Å². The molecule has 0 bridgehead atoms. The van der Waals surface area contributed by atoms with Crippen molar-refractivity contribution in [3.8, 4) is 0 Å². The highest BCUT2D eigenvalue weighted by molar-refractivity contribution is 9.10. The summed E-state index contributed by atoms with van der Waals surface area (Å²) in [6.45, 7) is 0. The topological polar surface area (TPSA) is 107 Å². The van der Waals surface area contributed by atoms with E-state index in [4.69, 9.17) is 5.41 Å². The fraction of sp³-hybridized carbons (Fsp3) is 0.167. The van der Waals surface area contributed by atoms with Crippen LogP contribution < -0.4 is 10.6 Å². The van der Waals surface area contributed by atoms with Crippen LogP contribution in [0.25, 0.3) is 11.2 Å². The number of carbonyl (C=O) groups is 1. The molecule has 4 aromatic rings. The van der Waals surface area contributed by atoms with Crippen molar-refractivity contribution in [2.45, 2.75) is 18.4 Å². The van der Waals surface area contributed by atoms with Crippen LogP contribution >= 0.6 is 15.9 Å². The van der Waals surface area contributed by atoms with Crippen LogP contribution in [0.2, 0.25) is 0 Å². The number of anilines is 1. The molecule has 2 aromatic carbocycles. The van der Waals surface area contributed by atoms with E-state index in [9.17, 15) is 9.18 Å². The zero-order valence-corrected chi connectivity index (χ0v) is 19.3. The van der Waals surface area contributed by atoms with Crippen molar-refractivity contribution in [3.05, 3.63) is 87.5 Å². The smallest absolute Gasteiger partial charge is 0.255 e. The van der Waals surface area contributed by atoms with Gasteiger partial charge in [0.25, 0.3) is 5.91 Å². The minimum Gasteiger partial charge on any atom is -0.387 e. The van der Waals surface area contributed by atoms with Crippen molar-refractivity contribution in [2.24, 2.45) is 0 Å². The fourth-order valence-electron chi connectivity index (χ4n) is 3.93. The summed E-state index contributed by atoms with van der Waals surface area (Å²) in [6.07, 6.45) is 4.78. The first kappa shape index (κ1) is 21.3. The van der Waals surface area contributed by atoms with E-state index in [1.54, 1.807) is 13.2 Å². The number of fused-ring (bicyclic) bond motifs is 1. The van der Waals surface area contributed by atoms with Crippen molar-refractivity contribution in [3.63, 3.8) is 0 Å². The molecule has 0 radical (unpaired) electrons. The van der Waals surface area contributed by atoms with Crippen LogP contribution in [0.15, 0.2) is 59.3 Å². The quantitative estimate of drug-likeness (QED) is 0.283. The van der Waals surface area contributed by atoms with E-state index in [0.29, 0.717) is 28.0 Å². The number of rotatable bonds is 6. The minimum atomic E-state index is -0.401. The predicted octanol–water partition coefficient (Wildman–Crippen LogP) is 4.74. The van der Waals surface area contributed by atoms with Gasteiger partial charge in [0, 0.05) is 29.0 Å². The Morgan fingerprint density at radius 2 is 1.94 bits per heavy atom. The fourth-order valence-corrected chi connectivity index (χ4v) is 4.19. The number of nitrogens with zero attached hydrogens (tertiary/aromatic N) is 2. The number of aromatic amines is 1. The van der Waals surface area contributed by atoms with E-state index < -0.39 is 5.82 Å². The maximum atomic E-state index is 13.6. The van der Waals surface area contributed by atoms with Gasteiger partial charge in [-0.2, -0.15) is 0 Å². The number of hydrogen-bond acceptors (Lipinski definition) is 5. The molecule has 0 spiro atoms. The summed E-state index contributed by atoms with van der Waals surface area (Å²) in [4.78, 5) is 25.1. The summed E-state index contributed by atoms with van der Waals surface area (Å²) in [5.41, 5.74) is 3.21. The number of amides is 1. The van der Waals surface area contributed by atoms with Crippen LogP contribution in [0.1, 0.15) is 40.0 Å². The lowest BCUT2D eigenvalue weighted by Crippen LogP contribution is -2.34. The minimum absolute atomic E-state index is 0.0785. The highest BCUT2D eigenvalue weighted by atomic mass is 79.9. The lowest BCUT2D eigenvalue weighted by atomic mass is 10.0. The molecule has 0 saturated heterocycles. The summed E-state index contributed by atoms with van der Waals surface area (Å²) in [5, 5.41) is 14.6. The standard InChI is InChI=1S/C24H20BrFN6O/c1-28-18-10-15(26)6-7-16(18)20(27)19-12-30-22-21(31-19)17(11-29-22)23(33)32-24(8-9-24)13-2-4-14(25)5-3-13/h2-7,10-12,27-28H,8-9H2,1H3,(H,29,30)(H,32,33). The van der Waals surface area contributed by atoms with Gasteiger partial charge in [0.15, 0.2) is 5.65 Å². The molecular weight excluding hydrogens is 487 g/mol. The lowest BCUT2D eigenvalue weighted by Gasteiger charge is -2.18. The Morgan fingerprint density at radius 3 is 2.64 bits per heavy atom. The number of benzene rings is 2. The normalized spacial score (nSPS) is 14.2. The summed E-state index contributed by atoms with van der Waals surface area (Å²) in [7, 11) is 1.66. The molecule has 166 valence electrons. The average Bonchev–Trinajstić information content (AvgIpc) is 3.47. The SMILES string of the molecule is CNc1cc(F)ccc1C(=N)c1cnc2[nH]cc(C(=O)NC3(c4ccc(Br)cc4)CC3)c2n1. The van der Waals surface area contributed by atoms with Gasteiger partial charge in [-0.3, -0.25) is 10.2 Å². The van der Waals surface area contributed by atoms with Gasteiger partial charge < -0.3 is 15.6 Å². The van der Waals surface area contributed by atoms with Crippen LogP contribution in [0.3, 0.4) is 0 Å². The van der Waals surface area contributed by atoms with E-state index in [0.717, 1.165) is 22.9 Å². The van der Waals surface area contributed by atoms with Gasteiger partial charge in [-0.1, -0.05) is 28.1 Å². The molecule has 33 heavy (non-hydrogen) atoms. The molecule has 0 atom stereocenters. The molecule has 9 heteroatoms. The van der Waals surface area contributed by atoms with Crippen LogP contribution in [0, 0.1) is 11.2 Å². The first-order valence-corrected chi connectivity index (χ1v) is 11.2. The van der Waals surface area contributed by atoms with Gasteiger partial charge in [0.05, 0.1) is 23.0 Å². The van der Waals surface area contributed by atoms with Crippen LogP contribution in [-0.4, -0.2) is 33.6 Å². The number of H-pyrrole nitrogens is 1. The Kier molecular flexibility index (Phi) is 5.20. The van der Waals surface area contributed by atoms with E-state index in [1.165, 1.54) is 24.4 Å². The molecule has 2 aromatic heterocycles. The van der Waals surface area contributed by atoms with Crippen LogP contribution in [0.5, 0.6) is 0 Å². The maximum Gasteiger partial charge on any atom is 0.255 e. The third-order valence-corrected chi connectivity index (χ3v) is 6.43. The van der Waals surface area contributed by atoms with E-state index in [1.807, 2.05) is 24.3 Å². The Hall–Kier alpha value is -3.59. The number of aromatic nitrogens is 3. The maximum absolute atomic E-state index is 13.6. The van der Waals surface area contributed by atoms with Gasteiger partial charge in [-0.15, -0.1) is 0 Å². The Labute approximate surface area is 197 Å². The van der Waals surface area contributed by atoms with Crippen molar-refractivity contribution >= 4 is 44.4 Å². The number of carbonyl (C=O) groups excluding carboxylic acids is 1. The molecule has 1 aliphatic carbocycles. The van der Waals surface area contributed by atoms with Crippen LogP contribution in [0.4, 0.5) is 10.1 Å². The first-order chi connectivity index (χ1) is 15.9. The lowest BCUT2D eigenvalue weighted by molar-refractivity contribution is 0.0932. The van der Waals surface area contributed by atoms with Gasteiger partial charge >= 0.3 is 0 Å². The highest BCUT2D eigenvalue weighted by Gasteiger charge is 2.46. The third-order valence-electron chi connectivity index (χ3n) is 5.90. The van der Waals surface area contributed by atoms with Crippen molar-refractivity contribution in [2.75, 3.05) is 12.4 Å². The molecule has 1 saturated carbocycles. The van der Waals surface area contributed by atoms with Gasteiger partial charge in [0.1, 0.15) is 17.0 Å². The second kappa shape index (κ2) is 8.08. The first-order valence-electron chi connectivity index (χ1n) is 10.4. The number of nitrogens with one attached hydrogen (secondary N) is 4. The van der Waals surface area contributed by atoms with Crippen molar-refractivity contribution < 1.29 is 9.18 Å². The van der Waals surface area contributed by atoms with Gasteiger partial charge in [0.2, 0.25) is 0 Å². The molecule has 0 aliphatic heterocycles.